The number of aryl methyl sites for hydroxylation is 2. The smallest absolute Gasteiger partial charge is 0.410 e. The Hall–Kier alpha value is -8.93. The fraction of sp³-hybridized carbons (Fsp3) is 0.469. The molecule has 3 N–H and O–H groups in total. The van der Waals surface area contributed by atoms with E-state index in [-0.39, 0.29) is 64.0 Å². The van der Waals surface area contributed by atoms with Crippen LogP contribution in [0.2, 0.25) is 5.28 Å². The highest BCUT2D eigenvalue weighted by Crippen LogP contribution is 2.38. The summed E-state index contributed by atoms with van der Waals surface area (Å²) in [6.07, 6.45) is 7.43. The van der Waals surface area contributed by atoms with Gasteiger partial charge in [-0.3, -0.25) is 19.0 Å². The third-order valence-electron chi connectivity index (χ3n) is 14.8. The van der Waals surface area contributed by atoms with Gasteiger partial charge in [0.05, 0.1) is 46.5 Å². The second kappa shape index (κ2) is 26.8. The van der Waals surface area contributed by atoms with Gasteiger partial charge in [-0.25, -0.2) is 29.5 Å². The maximum absolute atomic E-state index is 13.4. The Morgan fingerprint density at radius 2 is 1.07 bits per heavy atom. The molecule has 8 heterocycles. The first-order valence-corrected chi connectivity index (χ1v) is 29.9. The normalized spacial score (nSPS) is 15.2. The van der Waals surface area contributed by atoms with E-state index in [2.05, 4.69) is 50.7 Å². The number of hydrogen-bond donors (Lipinski definition) is 2. The van der Waals surface area contributed by atoms with E-state index in [1.165, 1.54) is 0 Å². The summed E-state index contributed by atoms with van der Waals surface area (Å²) >= 11 is 6.01. The minimum Gasteiger partial charge on any atom is -0.444 e. The monoisotopic (exact) mass is 1240 g/mol. The van der Waals surface area contributed by atoms with Crippen molar-refractivity contribution in [3.63, 3.8) is 0 Å². The van der Waals surface area contributed by atoms with Crippen molar-refractivity contribution < 1.29 is 37.7 Å². The van der Waals surface area contributed by atoms with Crippen molar-refractivity contribution in [2.75, 3.05) is 24.1 Å². The Morgan fingerprint density at radius 1 is 0.618 bits per heavy atom. The van der Waals surface area contributed by atoms with Crippen LogP contribution in [0, 0.1) is 13.8 Å². The SMILES string of the molecule is CC(C)(C)OC(=O)N1CC[C@@H](CC(=O)c2noc(C(C)(C)C)n2)c2ccc(-c3ccnc(Cl)n3)cc2C1.Cc1c(N)cnn1C.Cc1c(Nc2nccc(-c3ccc4c(c3)CN(C(=O)OC(C)(C)C)CC[C@H]4CC(=O)c3noc(C(C)(C)C)n3)n2)cnn1C. The number of anilines is 3. The highest BCUT2D eigenvalue weighted by Gasteiger charge is 2.34. The molecule has 472 valence electrons. The summed E-state index contributed by atoms with van der Waals surface area (Å²) in [5.74, 6) is 0.725. The predicted molar refractivity (Wildman–Crippen MR) is 335 cm³/mol. The molecule has 0 unspecified atom stereocenters. The summed E-state index contributed by atoms with van der Waals surface area (Å²) in [5.41, 5.74) is 13.9. The number of carbonyl (C=O) groups is 4. The summed E-state index contributed by atoms with van der Waals surface area (Å²) < 4.78 is 25.6. The number of halogens is 1. The lowest BCUT2D eigenvalue weighted by Crippen LogP contribution is -2.36. The van der Waals surface area contributed by atoms with Crippen molar-refractivity contribution in [2.45, 2.75) is 170 Å². The van der Waals surface area contributed by atoms with Crippen LogP contribution in [0.1, 0.15) is 187 Å². The van der Waals surface area contributed by atoms with E-state index in [4.69, 9.17) is 40.8 Å². The molecule has 0 bridgehead atoms. The van der Waals surface area contributed by atoms with E-state index >= 15 is 0 Å². The average Bonchev–Trinajstić information content (AvgIpc) is 1.98. The number of fused-ring (bicyclic) bond motifs is 2. The van der Waals surface area contributed by atoms with Gasteiger partial charge in [0.15, 0.2) is 0 Å². The lowest BCUT2D eigenvalue weighted by atomic mass is 9.87. The minimum absolute atomic E-state index is 0.0752. The molecule has 0 aliphatic carbocycles. The number of nitrogen functional groups attached to an aromatic ring is 1. The molecule has 10 rings (SSSR count). The zero-order valence-electron chi connectivity index (χ0n) is 53.7. The van der Waals surface area contributed by atoms with Crippen LogP contribution in [-0.4, -0.2) is 118 Å². The van der Waals surface area contributed by atoms with Crippen molar-refractivity contribution in [2.24, 2.45) is 14.1 Å². The number of rotatable bonds is 10. The molecule has 0 fully saturated rings. The second-order valence-corrected chi connectivity index (χ2v) is 26.7. The van der Waals surface area contributed by atoms with Gasteiger partial charge >= 0.3 is 12.2 Å². The Kier molecular flexibility index (Phi) is 19.9. The van der Waals surface area contributed by atoms with Crippen molar-refractivity contribution in [3.05, 3.63) is 136 Å². The largest absolute Gasteiger partial charge is 0.444 e. The molecular formula is C64H81ClN16O8. The molecule has 24 nitrogen and oxygen atoms in total. The number of carbonyl (C=O) groups excluding carboxylic acids is 4. The van der Waals surface area contributed by atoms with Crippen molar-refractivity contribution in [3.8, 4) is 22.5 Å². The summed E-state index contributed by atoms with van der Waals surface area (Å²) in [6.45, 7) is 28.2. The summed E-state index contributed by atoms with van der Waals surface area (Å²) in [5, 5.41) is 19.5. The van der Waals surface area contributed by atoms with E-state index in [1.54, 1.807) is 50.0 Å². The van der Waals surface area contributed by atoms with Crippen LogP contribution < -0.4 is 11.1 Å². The third-order valence-corrected chi connectivity index (χ3v) is 15.0. The molecule has 2 aromatic carbocycles. The maximum Gasteiger partial charge on any atom is 0.410 e. The fourth-order valence-electron chi connectivity index (χ4n) is 9.74. The first-order valence-electron chi connectivity index (χ1n) is 29.5. The van der Waals surface area contributed by atoms with Crippen LogP contribution in [0.15, 0.2) is 82.4 Å². The summed E-state index contributed by atoms with van der Waals surface area (Å²) in [7, 11) is 3.74. The lowest BCUT2D eigenvalue weighted by Gasteiger charge is -2.26. The molecule has 89 heavy (non-hydrogen) atoms. The van der Waals surface area contributed by atoms with Gasteiger partial charge < -0.3 is 39.4 Å². The number of nitrogens with two attached hydrogens (primary N) is 1. The molecule has 25 heteroatoms. The maximum atomic E-state index is 13.4. The number of Topliss-reactive ketones (excluding diaryl/α,β-unsaturated/α-hetero) is 2. The molecule has 6 aromatic heterocycles. The van der Waals surface area contributed by atoms with Crippen LogP contribution in [-0.2, 0) is 47.5 Å². The van der Waals surface area contributed by atoms with Gasteiger partial charge in [-0.05, 0) is 138 Å². The van der Waals surface area contributed by atoms with E-state index in [0.29, 0.717) is 68.1 Å². The van der Waals surface area contributed by atoms with E-state index in [9.17, 15) is 19.2 Å². The van der Waals surface area contributed by atoms with Gasteiger partial charge in [-0.1, -0.05) is 76.1 Å². The number of hydrogen-bond acceptors (Lipinski definition) is 20. The van der Waals surface area contributed by atoms with Crippen molar-refractivity contribution >= 4 is 52.7 Å². The van der Waals surface area contributed by atoms with Gasteiger partial charge in [-0.15, -0.1) is 0 Å². The first kappa shape index (κ1) is 66.0. The van der Waals surface area contributed by atoms with Crippen LogP contribution in [0.25, 0.3) is 22.5 Å². The number of nitrogens with one attached hydrogen (secondary N) is 1. The van der Waals surface area contributed by atoms with E-state index < -0.39 is 23.4 Å². The second-order valence-electron chi connectivity index (χ2n) is 26.4. The number of ether oxygens (including phenoxy) is 2. The van der Waals surface area contributed by atoms with E-state index in [0.717, 1.165) is 56.1 Å². The number of benzene rings is 2. The van der Waals surface area contributed by atoms with Crippen LogP contribution in [0.3, 0.4) is 0 Å². The summed E-state index contributed by atoms with van der Waals surface area (Å²) in [6, 6.07) is 15.6. The molecule has 2 atom stereocenters. The zero-order chi connectivity index (χ0) is 64.9. The van der Waals surface area contributed by atoms with E-state index in [1.807, 2.05) is 153 Å². The Labute approximate surface area is 523 Å². The van der Waals surface area contributed by atoms with Crippen LogP contribution in [0.5, 0.6) is 0 Å². The Bertz CT molecular complexity index is 3820. The van der Waals surface area contributed by atoms with Gasteiger partial charge in [0.2, 0.25) is 46.2 Å². The molecule has 0 radical (unpaired) electrons. The van der Waals surface area contributed by atoms with Gasteiger partial charge in [0.1, 0.15) is 11.2 Å². The first-order chi connectivity index (χ1) is 41.7. The Balaban J connectivity index is 0.000000206. The van der Waals surface area contributed by atoms with Gasteiger partial charge in [0.25, 0.3) is 0 Å². The van der Waals surface area contributed by atoms with Crippen LogP contribution in [0.4, 0.5) is 26.9 Å². The molecule has 2 aliphatic rings. The highest BCUT2D eigenvalue weighted by molar-refractivity contribution is 6.28. The van der Waals surface area contributed by atoms with Crippen molar-refractivity contribution in [1.82, 2.24) is 69.6 Å². The topological polar surface area (TPSA) is 296 Å². The third kappa shape index (κ3) is 17.2. The molecular weight excluding hydrogens is 1160 g/mol. The Morgan fingerprint density at radius 3 is 1.45 bits per heavy atom. The number of amides is 2. The van der Waals surface area contributed by atoms with Crippen molar-refractivity contribution in [1.29, 1.82) is 0 Å². The molecule has 0 saturated heterocycles. The zero-order valence-corrected chi connectivity index (χ0v) is 54.5. The molecule has 0 spiro atoms. The number of aromatic nitrogens is 12. The molecule has 0 saturated carbocycles. The molecule has 8 aromatic rings. The summed E-state index contributed by atoms with van der Waals surface area (Å²) in [4.78, 5) is 82.2. The standard InChI is InChI=1S/C32H40N8O4.C27H32ClN5O4.C5H9N3/c1-19-25(17-34-39(19)8)36-29-33-13-11-24(35-29)21-9-10-23-20(16-26(41)27-37-28(44-38-27)31(2,3)4)12-14-40(18-22(23)15-21)30(42)43-32(5,6)7;1-26(2,3)23-31-22(32-37-23)21(34)14-16-10-12-33(25(35)36-27(4,5)6)15-18-13-17(7-8-19(16)18)20-9-11-29-24(28)30-20;1-4-5(6)3-7-8(4)2/h9-11,13,15,17,20H,12,14,16,18H2,1-8H3,(H,33,35,36);7-9,11,13,16H,10,12,14-15H2,1-6H3;3H,6H2,1-2H3/t20-;16-;/m00./s1. The fourth-order valence-corrected chi connectivity index (χ4v) is 9.89. The van der Waals surface area contributed by atoms with Gasteiger partial charge in [-0.2, -0.15) is 20.2 Å². The average molecular weight is 1240 g/mol. The minimum atomic E-state index is -0.635. The van der Waals surface area contributed by atoms with Gasteiger partial charge in [0, 0.05) is 87.5 Å². The number of ketones is 2. The number of nitrogens with zero attached hydrogens (tertiary/aromatic N) is 14. The lowest BCUT2D eigenvalue weighted by molar-refractivity contribution is 0.0224. The quantitative estimate of drug-likeness (QED) is 0.0949. The molecule has 2 amide bonds. The molecule has 2 aliphatic heterocycles. The highest BCUT2D eigenvalue weighted by atomic mass is 35.5. The van der Waals surface area contributed by atoms with Crippen LogP contribution >= 0.6 is 11.6 Å². The predicted octanol–water partition coefficient (Wildman–Crippen LogP) is 12.4.